The van der Waals surface area contributed by atoms with Crippen LogP contribution in [0.15, 0.2) is 58.6 Å². The van der Waals surface area contributed by atoms with Gasteiger partial charge in [-0.25, -0.2) is 4.39 Å². The Bertz CT molecular complexity index is 1170. The number of nitro groups is 1. The number of carbonyl (C=O) groups excluding carboxylic acids is 2. The number of piperazine rings is 1. The van der Waals surface area contributed by atoms with Gasteiger partial charge in [-0.3, -0.25) is 24.7 Å². The van der Waals surface area contributed by atoms with Gasteiger partial charge in [0.25, 0.3) is 17.5 Å². The number of rotatable bonds is 7. The molecule has 2 amide bonds. The molecule has 1 saturated heterocycles. The Balaban J connectivity index is 1.25. The molecule has 0 radical (unpaired) electrons. The first-order valence-electron chi connectivity index (χ1n) is 11.4. The molecule has 35 heavy (non-hydrogen) atoms. The molecule has 0 saturated carbocycles. The molecular weight excluding hydrogens is 455 g/mol. The molecule has 1 N–H and O–H groups in total. The van der Waals surface area contributed by atoms with Gasteiger partial charge in [-0.05, 0) is 31.2 Å². The summed E-state index contributed by atoms with van der Waals surface area (Å²) in [4.78, 5) is 43.1. The van der Waals surface area contributed by atoms with E-state index in [0.717, 1.165) is 19.6 Å². The monoisotopic (exact) mass is 481 g/mol. The van der Waals surface area contributed by atoms with Gasteiger partial charge in [0.1, 0.15) is 11.7 Å². The van der Waals surface area contributed by atoms with Crippen molar-refractivity contribution in [2.45, 2.75) is 6.92 Å². The Morgan fingerprint density at radius 3 is 2.57 bits per heavy atom. The third-order valence-electron chi connectivity index (χ3n) is 6.20. The van der Waals surface area contributed by atoms with Gasteiger partial charge in [0, 0.05) is 18.3 Å². The van der Waals surface area contributed by atoms with Crippen LogP contribution >= 0.6 is 0 Å². The van der Waals surface area contributed by atoms with E-state index in [4.69, 9.17) is 0 Å². The minimum atomic E-state index is -0.574. The molecule has 2 aliphatic rings. The van der Waals surface area contributed by atoms with Crippen molar-refractivity contribution in [2.75, 3.05) is 44.3 Å². The summed E-state index contributed by atoms with van der Waals surface area (Å²) in [6.45, 7) is 5.59. The summed E-state index contributed by atoms with van der Waals surface area (Å²) in [6, 6.07) is 11.7. The lowest BCUT2D eigenvalue weighted by Crippen LogP contribution is -3.15. The predicted molar refractivity (Wildman–Crippen MR) is 128 cm³/mol. The number of hydrogen-bond donors (Lipinski definition) is 1. The van der Waals surface area contributed by atoms with E-state index in [1.54, 1.807) is 30.2 Å². The highest BCUT2D eigenvalue weighted by atomic mass is 19.1. The van der Waals surface area contributed by atoms with E-state index in [-0.39, 0.29) is 23.1 Å². The van der Waals surface area contributed by atoms with Gasteiger partial charge in [-0.2, -0.15) is 10.1 Å². The van der Waals surface area contributed by atoms with Crippen molar-refractivity contribution >= 4 is 35.1 Å². The minimum Gasteiger partial charge on any atom is -0.330 e. The molecule has 0 spiro atoms. The number of hydrazone groups is 1. The zero-order valence-corrected chi connectivity index (χ0v) is 19.3. The van der Waals surface area contributed by atoms with Crippen LogP contribution in [-0.4, -0.2) is 72.8 Å². The van der Waals surface area contributed by atoms with Crippen LogP contribution in [0.3, 0.4) is 0 Å². The number of nitrogens with zero attached hydrogens (tertiary/aromatic N) is 5. The minimum absolute atomic E-state index is 0.0564. The van der Waals surface area contributed by atoms with Gasteiger partial charge in [0.05, 0.1) is 61.2 Å². The first kappa shape index (κ1) is 24.1. The van der Waals surface area contributed by atoms with Gasteiger partial charge >= 0.3 is 0 Å². The number of amides is 2. The maximum absolute atomic E-state index is 13.9. The Labute approximate surface area is 201 Å². The quantitative estimate of drug-likeness (QED) is 0.364. The smallest absolute Gasteiger partial charge is 0.269 e. The van der Waals surface area contributed by atoms with Crippen LogP contribution in [0.4, 0.5) is 15.8 Å². The van der Waals surface area contributed by atoms with Crippen molar-refractivity contribution in [1.82, 2.24) is 4.90 Å². The summed E-state index contributed by atoms with van der Waals surface area (Å²) in [5, 5.41) is 16.4. The molecule has 0 aromatic heterocycles. The normalized spacial score (nSPS) is 18.9. The van der Waals surface area contributed by atoms with Gasteiger partial charge < -0.3 is 9.80 Å². The van der Waals surface area contributed by atoms with E-state index < -0.39 is 16.7 Å². The largest absolute Gasteiger partial charge is 0.330 e. The zero-order chi connectivity index (χ0) is 24.9. The molecule has 1 atom stereocenters. The molecular formula is C24H26FN6O4+. The van der Waals surface area contributed by atoms with E-state index >= 15 is 0 Å². The second-order valence-corrected chi connectivity index (χ2v) is 8.47. The Morgan fingerprint density at radius 2 is 1.91 bits per heavy atom. The second-order valence-electron chi connectivity index (χ2n) is 8.47. The van der Waals surface area contributed by atoms with Crippen LogP contribution in [0.25, 0.3) is 0 Å². The Morgan fingerprint density at radius 1 is 1.23 bits per heavy atom. The summed E-state index contributed by atoms with van der Waals surface area (Å²) >= 11 is 0. The van der Waals surface area contributed by atoms with Crippen LogP contribution in [0.5, 0.6) is 0 Å². The first-order chi connectivity index (χ1) is 16.8. The SMILES string of the molecule is CC1=NN(c2ccc([N+](=O)[O-])cc2)C(=O)[C@H]1C=NCC[NH+]1CCN(C(=O)c2ccccc2F)CC1. The molecule has 1 fully saturated rings. The summed E-state index contributed by atoms with van der Waals surface area (Å²) in [5.74, 6) is -1.62. The topological polar surface area (TPSA) is 113 Å². The highest BCUT2D eigenvalue weighted by Crippen LogP contribution is 2.25. The van der Waals surface area contributed by atoms with E-state index in [9.17, 15) is 24.1 Å². The molecule has 2 heterocycles. The highest BCUT2D eigenvalue weighted by Gasteiger charge is 2.33. The van der Waals surface area contributed by atoms with Crippen LogP contribution in [0, 0.1) is 21.8 Å². The molecule has 0 aliphatic carbocycles. The van der Waals surface area contributed by atoms with Crippen molar-refractivity contribution in [3.05, 3.63) is 70.0 Å². The number of nitro benzene ring substituents is 1. The third kappa shape index (κ3) is 5.40. The number of aliphatic imine (C=N–C) groups is 1. The van der Waals surface area contributed by atoms with Crippen LogP contribution < -0.4 is 9.91 Å². The van der Waals surface area contributed by atoms with E-state index in [0.29, 0.717) is 31.0 Å². The average molecular weight is 482 g/mol. The maximum atomic E-state index is 13.9. The van der Waals surface area contributed by atoms with E-state index in [1.807, 2.05) is 0 Å². The van der Waals surface area contributed by atoms with Gasteiger partial charge in [0.15, 0.2) is 0 Å². The van der Waals surface area contributed by atoms with Crippen LogP contribution in [-0.2, 0) is 4.79 Å². The Hall–Kier alpha value is -3.99. The van der Waals surface area contributed by atoms with Crippen molar-refractivity contribution in [2.24, 2.45) is 16.0 Å². The van der Waals surface area contributed by atoms with E-state index in [1.165, 1.54) is 46.3 Å². The van der Waals surface area contributed by atoms with Crippen molar-refractivity contribution < 1.29 is 23.8 Å². The molecule has 0 bridgehead atoms. The third-order valence-corrected chi connectivity index (χ3v) is 6.20. The molecule has 2 aliphatic heterocycles. The summed E-state index contributed by atoms with van der Waals surface area (Å²) in [6.07, 6.45) is 1.60. The second kappa shape index (κ2) is 10.5. The number of nitrogens with one attached hydrogen (secondary N) is 1. The molecule has 2 aromatic carbocycles. The molecule has 2 aromatic rings. The standard InChI is InChI=1S/C24H25FN6O4/c1-17-21(24(33)30(27-17)18-6-8-19(9-7-18)31(34)35)16-26-10-11-28-12-14-29(15-13-28)23(32)20-4-2-3-5-22(20)25/h2-9,16,21H,10-15H2,1H3/p+1/t21-/m0/s1. The van der Waals surface area contributed by atoms with Crippen LogP contribution in [0.1, 0.15) is 17.3 Å². The Kier molecular flexibility index (Phi) is 7.25. The van der Waals surface area contributed by atoms with Crippen molar-refractivity contribution in [3.8, 4) is 0 Å². The number of hydrogen-bond acceptors (Lipinski definition) is 6. The maximum Gasteiger partial charge on any atom is 0.269 e. The summed E-state index contributed by atoms with van der Waals surface area (Å²) < 4.78 is 13.9. The number of non-ortho nitro benzene ring substituents is 1. The fourth-order valence-corrected chi connectivity index (χ4v) is 4.14. The van der Waals surface area contributed by atoms with Crippen molar-refractivity contribution in [3.63, 3.8) is 0 Å². The first-order valence-corrected chi connectivity index (χ1v) is 11.4. The summed E-state index contributed by atoms with van der Waals surface area (Å²) in [5.41, 5.74) is 1.11. The number of anilines is 1. The van der Waals surface area contributed by atoms with Gasteiger partial charge in [0.2, 0.25) is 0 Å². The molecule has 182 valence electrons. The number of quaternary nitrogens is 1. The highest BCUT2D eigenvalue weighted by molar-refractivity contribution is 6.23. The van der Waals surface area contributed by atoms with Gasteiger partial charge in [-0.1, -0.05) is 12.1 Å². The fraction of sp³-hybridized carbons (Fsp3) is 0.333. The lowest BCUT2D eigenvalue weighted by atomic mass is 10.1. The van der Waals surface area contributed by atoms with Crippen molar-refractivity contribution in [1.29, 1.82) is 0 Å². The lowest BCUT2D eigenvalue weighted by molar-refractivity contribution is -0.902. The lowest BCUT2D eigenvalue weighted by Gasteiger charge is -2.32. The van der Waals surface area contributed by atoms with Crippen LogP contribution in [0.2, 0.25) is 0 Å². The number of carbonyl (C=O) groups is 2. The zero-order valence-electron chi connectivity index (χ0n) is 19.3. The molecule has 10 nitrogen and oxygen atoms in total. The molecule has 4 rings (SSSR count). The fourth-order valence-electron chi connectivity index (χ4n) is 4.14. The average Bonchev–Trinajstić information content (AvgIpc) is 3.15. The number of benzene rings is 2. The molecule has 11 heteroatoms. The number of halogens is 1. The molecule has 0 unspecified atom stereocenters. The van der Waals surface area contributed by atoms with E-state index in [2.05, 4.69) is 10.1 Å². The summed E-state index contributed by atoms with van der Waals surface area (Å²) in [7, 11) is 0. The van der Waals surface area contributed by atoms with Gasteiger partial charge in [-0.15, -0.1) is 0 Å². The predicted octanol–water partition coefficient (Wildman–Crippen LogP) is 1.18.